The second kappa shape index (κ2) is 6.22. The summed E-state index contributed by atoms with van der Waals surface area (Å²) in [5.41, 5.74) is 3.64. The van der Waals surface area contributed by atoms with Gasteiger partial charge >= 0.3 is 5.97 Å². The molecule has 0 saturated heterocycles. The molecule has 108 valence electrons. The number of amides is 1. The molecular weight excluding hydrogens is 266 g/mol. The molecule has 0 atom stereocenters. The van der Waals surface area contributed by atoms with Crippen LogP contribution in [0.2, 0.25) is 0 Å². The fourth-order valence-corrected chi connectivity index (χ4v) is 2.11. The Morgan fingerprint density at radius 3 is 2.38 bits per heavy atom. The molecule has 2 rings (SSSR count). The molecule has 0 spiro atoms. The number of benzene rings is 2. The summed E-state index contributed by atoms with van der Waals surface area (Å²) in [7, 11) is 0. The van der Waals surface area contributed by atoms with Crippen molar-refractivity contribution in [2.45, 2.75) is 20.3 Å². The SMILES string of the molecule is Cc1ccccc1CC(=O)Nc1ccc(C(=O)O)cc1C. The molecule has 1 amide bonds. The van der Waals surface area contributed by atoms with Gasteiger partial charge in [0.2, 0.25) is 5.91 Å². The number of carboxylic acid groups (broad SMARTS) is 1. The third kappa shape index (κ3) is 3.69. The zero-order chi connectivity index (χ0) is 15.4. The number of aromatic carboxylic acids is 1. The Morgan fingerprint density at radius 2 is 1.76 bits per heavy atom. The van der Waals surface area contributed by atoms with Crippen molar-refractivity contribution in [3.05, 3.63) is 64.7 Å². The molecule has 4 heteroatoms. The standard InChI is InChI=1S/C17H17NO3/c1-11-5-3-4-6-13(11)10-16(19)18-15-8-7-14(17(20)21)9-12(15)2/h3-9H,10H2,1-2H3,(H,18,19)(H,20,21). The summed E-state index contributed by atoms with van der Waals surface area (Å²) in [5.74, 6) is -1.09. The predicted molar refractivity (Wildman–Crippen MR) is 81.7 cm³/mol. The van der Waals surface area contributed by atoms with Crippen molar-refractivity contribution in [3.63, 3.8) is 0 Å². The van der Waals surface area contributed by atoms with Crippen LogP contribution in [0.4, 0.5) is 5.69 Å². The van der Waals surface area contributed by atoms with Crippen molar-refractivity contribution in [1.29, 1.82) is 0 Å². The maximum atomic E-state index is 12.1. The number of hydrogen-bond acceptors (Lipinski definition) is 2. The van der Waals surface area contributed by atoms with Gasteiger partial charge < -0.3 is 10.4 Å². The maximum Gasteiger partial charge on any atom is 0.335 e. The van der Waals surface area contributed by atoms with Gasteiger partial charge in [-0.15, -0.1) is 0 Å². The molecule has 21 heavy (non-hydrogen) atoms. The highest BCUT2D eigenvalue weighted by Gasteiger charge is 2.09. The average molecular weight is 283 g/mol. The number of rotatable bonds is 4. The first kappa shape index (κ1) is 14.8. The van der Waals surface area contributed by atoms with Gasteiger partial charge in [-0.3, -0.25) is 4.79 Å². The van der Waals surface area contributed by atoms with E-state index in [1.807, 2.05) is 31.2 Å². The van der Waals surface area contributed by atoms with E-state index in [9.17, 15) is 9.59 Å². The molecule has 4 nitrogen and oxygen atoms in total. The summed E-state index contributed by atoms with van der Waals surface area (Å²) in [6, 6.07) is 12.4. The van der Waals surface area contributed by atoms with Crippen LogP contribution >= 0.6 is 0 Å². The van der Waals surface area contributed by atoms with Crippen LogP contribution < -0.4 is 5.32 Å². The molecule has 2 N–H and O–H groups in total. The summed E-state index contributed by atoms with van der Waals surface area (Å²) in [6.45, 7) is 3.74. The minimum absolute atomic E-state index is 0.115. The van der Waals surface area contributed by atoms with Gasteiger partial charge in [0, 0.05) is 5.69 Å². The van der Waals surface area contributed by atoms with E-state index in [-0.39, 0.29) is 11.5 Å². The lowest BCUT2D eigenvalue weighted by Crippen LogP contribution is -2.16. The van der Waals surface area contributed by atoms with Crippen LogP contribution in [0.25, 0.3) is 0 Å². The van der Waals surface area contributed by atoms with E-state index in [4.69, 9.17) is 5.11 Å². The maximum absolute atomic E-state index is 12.1. The van der Waals surface area contributed by atoms with Crippen LogP contribution in [0.15, 0.2) is 42.5 Å². The third-order valence-electron chi connectivity index (χ3n) is 3.36. The highest BCUT2D eigenvalue weighted by atomic mass is 16.4. The first-order valence-electron chi connectivity index (χ1n) is 6.65. The number of anilines is 1. The number of carbonyl (C=O) groups is 2. The highest BCUT2D eigenvalue weighted by molar-refractivity contribution is 5.94. The van der Waals surface area contributed by atoms with Gasteiger partial charge in [0.15, 0.2) is 0 Å². The Bertz CT molecular complexity index is 692. The smallest absolute Gasteiger partial charge is 0.335 e. The average Bonchev–Trinajstić information content (AvgIpc) is 2.43. The zero-order valence-electron chi connectivity index (χ0n) is 12.0. The van der Waals surface area contributed by atoms with E-state index >= 15 is 0 Å². The van der Waals surface area contributed by atoms with Gasteiger partial charge in [-0.25, -0.2) is 4.79 Å². The molecule has 0 aliphatic heterocycles. The van der Waals surface area contributed by atoms with Gasteiger partial charge in [0.1, 0.15) is 0 Å². The first-order valence-corrected chi connectivity index (χ1v) is 6.65. The molecule has 2 aromatic rings. The topological polar surface area (TPSA) is 66.4 Å². The lowest BCUT2D eigenvalue weighted by molar-refractivity contribution is -0.115. The Kier molecular flexibility index (Phi) is 4.38. The first-order chi connectivity index (χ1) is 9.97. The Hall–Kier alpha value is -2.62. The monoisotopic (exact) mass is 283 g/mol. The molecular formula is C17H17NO3. The molecule has 0 saturated carbocycles. The van der Waals surface area contributed by atoms with Crippen LogP contribution in [0, 0.1) is 13.8 Å². The summed E-state index contributed by atoms with van der Waals surface area (Å²) < 4.78 is 0. The van der Waals surface area contributed by atoms with Gasteiger partial charge in [0.25, 0.3) is 0 Å². The fourth-order valence-electron chi connectivity index (χ4n) is 2.11. The minimum atomic E-state index is -0.976. The largest absolute Gasteiger partial charge is 0.478 e. The van der Waals surface area contributed by atoms with Gasteiger partial charge in [0.05, 0.1) is 12.0 Å². The summed E-state index contributed by atoms with van der Waals surface area (Å²) in [6.07, 6.45) is 0.298. The van der Waals surface area contributed by atoms with E-state index in [2.05, 4.69) is 5.32 Å². The lowest BCUT2D eigenvalue weighted by Gasteiger charge is -2.10. The third-order valence-corrected chi connectivity index (χ3v) is 3.36. The van der Waals surface area contributed by atoms with Crippen molar-refractivity contribution < 1.29 is 14.7 Å². The normalized spacial score (nSPS) is 10.2. The second-order valence-electron chi connectivity index (χ2n) is 4.99. The van der Waals surface area contributed by atoms with Crippen LogP contribution in [-0.2, 0) is 11.2 Å². The van der Waals surface area contributed by atoms with E-state index in [1.54, 1.807) is 19.1 Å². The number of aryl methyl sites for hydroxylation is 2. The van der Waals surface area contributed by atoms with Gasteiger partial charge in [-0.1, -0.05) is 24.3 Å². The number of carboxylic acids is 1. The van der Waals surface area contributed by atoms with Crippen LogP contribution in [0.5, 0.6) is 0 Å². The van der Waals surface area contributed by atoms with E-state index < -0.39 is 5.97 Å². The Labute approximate surface area is 123 Å². The number of hydrogen-bond donors (Lipinski definition) is 2. The molecule has 0 aliphatic rings. The molecule has 0 unspecified atom stereocenters. The molecule has 2 aromatic carbocycles. The fraction of sp³-hybridized carbons (Fsp3) is 0.176. The van der Waals surface area contributed by atoms with Crippen molar-refractivity contribution in [3.8, 4) is 0 Å². The Morgan fingerprint density at radius 1 is 1.05 bits per heavy atom. The minimum Gasteiger partial charge on any atom is -0.478 e. The molecule has 0 aromatic heterocycles. The van der Waals surface area contributed by atoms with Crippen LogP contribution in [-0.4, -0.2) is 17.0 Å². The highest BCUT2D eigenvalue weighted by Crippen LogP contribution is 2.17. The molecule has 0 fully saturated rings. The van der Waals surface area contributed by atoms with Crippen LogP contribution in [0.1, 0.15) is 27.0 Å². The summed E-state index contributed by atoms with van der Waals surface area (Å²) in [4.78, 5) is 23.0. The predicted octanol–water partition coefficient (Wildman–Crippen LogP) is 3.18. The summed E-state index contributed by atoms with van der Waals surface area (Å²) in [5, 5.41) is 11.7. The van der Waals surface area contributed by atoms with Crippen LogP contribution in [0.3, 0.4) is 0 Å². The van der Waals surface area contributed by atoms with E-state index in [0.717, 1.165) is 16.7 Å². The molecule has 0 aliphatic carbocycles. The quantitative estimate of drug-likeness (QED) is 0.905. The number of nitrogens with one attached hydrogen (secondary N) is 1. The molecule has 0 heterocycles. The second-order valence-corrected chi connectivity index (χ2v) is 4.99. The van der Waals surface area contributed by atoms with E-state index in [1.165, 1.54) is 6.07 Å². The zero-order valence-corrected chi connectivity index (χ0v) is 12.0. The lowest BCUT2D eigenvalue weighted by atomic mass is 10.1. The van der Waals surface area contributed by atoms with Crippen molar-refractivity contribution >= 4 is 17.6 Å². The van der Waals surface area contributed by atoms with Crippen molar-refractivity contribution in [1.82, 2.24) is 0 Å². The molecule has 0 radical (unpaired) electrons. The van der Waals surface area contributed by atoms with Gasteiger partial charge in [-0.05, 0) is 48.7 Å². The number of carbonyl (C=O) groups excluding carboxylic acids is 1. The Balaban J connectivity index is 2.10. The van der Waals surface area contributed by atoms with Gasteiger partial charge in [-0.2, -0.15) is 0 Å². The van der Waals surface area contributed by atoms with Crippen molar-refractivity contribution in [2.24, 2.45) is 0 Å². The van der Waals surface area contributed by atoms with E-state index in [0.29, 0.717) is 12.1 Å². The van der Waals surface area contributed by atoms with Crippen molar-refractivity contribution in [2.75, 3.05) is 5.32 Å². The molecule has 0 bridgehead atoms. The summed E-state index contributed by atoms with van der Waals surface area (Å²) >= 11 is 0.